The molecule has 3 rings (SSSR count). The van der Waals surface area contributed by atoms with Gasteiger partial charge in [0.25, 0.3) is 5.56 Å². The fraction of sp³-hybridized carbons (Fsp3) is 0.125. The topological polar surface area (TPSA) is 45.8 Å². The van der Waals surface area contributed by atoms with E-state index >= 15 is 0 Å². The van der Waals surface area contributed by atoms with Gasteiger partial charge in [0.05, 0.1) is 10.9 Å². The molecule has 94 valence electrons. The molecule has 0 fully saturated rings. The van der Waals surface area contributed by atoms with Crippen molar-refractivity contribution in [2.45, 2.75) is 13.3 Å². The third-order valence-electron chi connectivity index (χ3n) is 3.13. The summed E-state index contributed by atoms with van der Waals surface area (Å²) in [4.78, 5) is 19.4. The van der Waals surface area contributed by atoms with E-state index < -0.39 is 0 Å². The molecule has 0 atom stereocenters. The number of nitrogens with zero attached hydrogens (tertiary/aromatic N) is 1. The second-order valence-electron chi connectivity index (χ2n) is 4.70. The summed E-state index contributed by atoms with van der Waals surface area (Å²) < 4.78 is 0. The van der Waals surface area contributed by atoms with Gasteiger partial charge in [-0.3, -0.25) is 4.79 Å². The summed E-state index contributed by atoms with van der Waals surface area (Å²) in [6.07, 6.45) is 0.639. The van der Waals surface area contributed by atoms with Gasteiger partial charge in [-0.05, 0) is 30.2 Å². The number of hydrogen-bond acceptors (Lipinski definition) is 2. The molecule has 0 aliphatic rings. The molecular weight excluding hydrogens is 236 g/mol. The van der Waals surface area contributed by atoms with E-state index in [1.165, 1.54) is 0 Å². The number of H-pyrrole nitrogens is 1. The molecule has 0 saturated heterocycles. The first-order valence-electron chi connectivity index (χ1n) is 6.26. The van der Waals surface area contributed by atoms with E-state index in [2.05, 4.69) is 9.97 Å². The van der Waals surface area contributed by atoms with Crippen molar-refractivity contribution < 1.29 is 0 Å². The molecule has 0 aliphatic carbocycles. The molecule has 0 spiro atoms. The maximum absolute atomic E-state index is 12.0. The van der Waals surface area contributed by atoms with Crippen LogP contribution in [-0.4, -0.2) is 9.97 Å². The minimum atomic E-state index is -0.0732. The lowest BCUT2D eigenvalue weighted by Crippen LogP contribution is -2.12. The van der Waals surface area contributed by atoms with Crippen molar-refractivity contribution in [3.63, 3.8) is 0 Å². The van der Waals surface area contributed by atoms with Gasteiger partial charge < -0.3 is 4.98 Å². The largest absolute Gasteiger partial charge is 0.310 e. The molecule has 0 amide bonds. The number of aryl methyl sites for hydroxylation is 1. The van der Waals surface area contributed by atoms with Crippen LogP contribution in [0.4, 0.5) is 0 Å². The Bertz CT molecular complexity index is 776. The zero-order valence-electron chi connectivity index (χ0n) is 10.7. The predicted octanol–water partition coefficient (Wildman–Crippen LogP) is 2.82. The van der Waals surface area contributed by atoms with Crippen LogP contribution < -0.4 is 5.56 Å². The Balaban J connectivity index is 2.08. The van der Waals surface area contributed by atoms with Gasteiger partial charge in [-0.2, -0.15) is 0 Å². The molecular formula is C16H14N2O. The third kappa shape index (κ3) is 2.40. The molecule has 0 aliphatic heterocycles. The Hall–Kier alpha value is -2.42. The molecule has 19 heavy (non-hydrogen) atoms. The fourth-order valence-electron chi connectivity index (χ4n) is 2.17. The van der Waals surface area contributed by atoms with Crippen molar-refractivity contribution in [2.75, 3.05) is 0 Å². The Labute approximate surface area is 111 Å². The second-order valence-corrected chi connectivity index (χ2v) is 4.70. The summed E-state index contributed by atoms with van der Waals surface area (Å²) in [7, 11) is 0. The lowest BCUT2D eigenvalue weighted by Gasteiger charge is -2.04. The van der Waals surface area contributed by atoms with Gasteiger partial charge in [-0.1, -0.05) is 36.4 Å². The molecule has 3 heteroatoms. The monoisotopic (exact) mass is 250 g/mol. The summed E-state index contributed by atoms with van der Waals surface area (Å²) in [5, 5.41) is 0.641. The first-order valence-corrected chi connectivity index (χ1v) is 6.26. The average Bonchev–Trinajstić information content (AvgIpc) is 2.39. The highest BCUT2D eigenvalue weighted by molar-refractivity contribution is 5.78. The maximum Gasteiger partial charge on any atom is 0.258 e. The highest BCUT2D eigenvalue weighted by Gasteiger charge is 2.04. The van der Waals surface area contributed by atoms with Gasteiger partial charge in [0.15, 0.2) is 0 Å². The minimum absolute atomic E-state index is 0.0732. The van der Waals surface area contributed by atoms with Crippen LogP contribution in [0.15, 0.2) is 53.3 Å². The van der Waals surface area contributed by atoms with Crippen molar-refractivity contribution in [1.29, 1.82) is 0 Å². The van der Waals surface area contributed by atoms with E-state index in [-0.39, 0.29) is 5.56 Å². The van der Waals surface area contributed by atoms with Gasteiger partial charge in [0, 0.05) is 6.42 Å². The molecule has 0 bridgehead atoms. The number of rotatable bonds is 2. The number of aromatic nitrogens is 2. The first kappa shape index (κ1) is 11.7. The quantitative estimate of drug-likeness (QED) is 0.760. The van der Waals surface area contributed by atoms with Crippen LogP contribution in [0.2, 0.25) is 0 Å². The van der Waals surface area contributed by atoms with E-state index in [0.717, 1.165) is 16.6 Å². The van der Waals surface area contributed by atoms with Crippen LogP contribution in [0.5, 0.6) is 0 Å². The van der Waals surface area contributed by atoms with Crippen molar-refractivity contribution >= 4 is 10.9 Å². The molecule has 1 N–H and O–H groups in total. The van der Waals surface area contributed by atoms with Crippen molar-refractivity contribution in [3.8, 4) is 0 Å². The molecule has 0 radical (unpaired) electrons. The fourth-order valence-corrected chi connectivity index (χ4v) is 2.17. The average molecular weight is 250 g/mol. The van der Waals surface area contributed by atoms with E-state index in [1.807, 2.05) is 55.5 Å². The van der Waals surface area contributed by atoms with Crippen LogP contribution in [0.25, 0.3) is 10.9 Å². The summed E-state index contributed by atoms with van der Waals surface area (Å²) in [6.45, 7) is 2.00. The lowest BCUT2D eigenvalue weighted by molar-refractivity contribution is 0.972. The first-order chi connectivity index (χ1) is 9.22. The van der Waals surface area contributed by atoms with Crippen LogP contribution in [0, 0.1) is 6.92 Å². The summed E-state index contributed by atoms with van der Waals surface area (Å²) in [5.74, 6) is 0.703. The standard InChI is InChI=1S/C16H14N2O/c1-11-7-8-13-14(9-11)17-15(18-16(13)19)10-12-5-3-2-4-6-12/h2-9H,10H2,1H3,(H,17,18,19). The number of fused-ring (bicyclic) bond motifs is 1. The predicted molar refractivity (Wildman–Crippen MR) is 76.3 cm³/mol. The van der Waals surface area contributed by atoms with Gasteiger partial charge in [-0.25, -0.2) is 4.98 Å². The normalized spacial score (nSPS) is 10.8. The SMILES string of the molecule is Cc1ccc2c(=O)[nH]c(Cc3ccccc3)nc2c1. The van der Waals surface area contributed by atoms with E-state index in [1.54, 1.807) is 0 Å². The highest BCUT2D eigenvalue weighted by Crippen LogP contribution is 2.11. The van der Waals surface area contributed by atoms with E-state index in [4.69, 9.17) is 0 Å². The highest BCUT2D eigenvalue weighted by atomic mass is 16.1. The van der Waals surface area contributed by atoms with Crippen LogP contribution in [-0.2, 0) is 6.42 Å². The van der Waals surface area contributed by atoms with Gasteiger partial charge in [0.1, 0.15) is 5.82 Å². The zero-order valence-corrected chi connectivity index (χ0v) is 10.7. The Morgan fingerprint density at radius 1 is 1.11 bits per heavy atom. The number of nitrogens with one attached hydrogen (secondary N) is 1. The van der Waals surface area contributed by atoms with Crippen LogP contribution in [0.1, 0.15) is 17.0 Å². The molecule has 1 heterocycles. The lowest BCUT2D eigenvalue weighted by atomic mass is 10.1. The van der Waals surface area contributed by atoms with Crippen LogP contribution >= 0.6 is 0 Å². The zero-order chi connectivity index (χ0) is 13.2. The van der Waals surface area contributed by atoms with Crippen molar-refractivity contribution in [1.82, 2.24) is 9.97 Å². The molecule has 3 aromatic rings. The smallest absolute Gasteiger partial charge is 0.258 e. The van der Waals surface area contributed by atoms with Crippen molar-refractivity contribution in [2.24, 2.45) is 0 Å². The molecule has 0 saturated carbocycles. The molecule has 0 unspecified atom stereocenters. The number of benzene rings is 2. The molecule has 3 nitrogen and oxygen atoms in total. The molecule has 1 aromatic heterocycles. The Morgan fingerprint density at radius 3 is 2.68 bits per heavy atom. The van der Waals surface area contributed by atoms with Crippen molar-refractivity contribution in [3.05, 3.63) is 75.8 Å². The van der Waals surface area contributed by atoms with E-state index in [0.29, 0.717) is 17.6 Å². The maximum atomic E-state index is 12.0. The van der Waals surface area contributed by atoms with Gasteiger partial charge >= 0.3 is 0 Å². The molecule has 2 aromatic carbocycles. The minimum Gasteiger partial charge on any atom is -0.310 e. The van der Waals surface area contributed by atoms with E-state index in [9.17, 15) is 4.79 Å². The Kier molecular flexibility index (Phi) is 2.88. The van der Waals surface area contributed by atoms with Crippen LogP contribution in [0.3, 0.4) is 0 Å². The second kappa shape index (κ2) is 4.69. The van der Waals surface area contributed by atoms with Gasteiger partial charge in [-0.15, -0.1) is 0 Å². The number of hydrogen-bond donors (Lipinski definition) is 1. The summed E-state index contributed by atoms with van der Waals surface area (Å²) >= 11 is 0. The third-order valence-corrected chi connectivity index (χ3v) is 3.13. The summed E-state index contributed by atoms with van der Waals surface area (Å²) in [6, 6.07) is 15.7. The van der Waals surface area contributed by atoms with Gasteiger partial charge in [0.2, 0.25) is 0 Å². The Morgan fingerprint density at radius 2 is 1.89 bits per heavy atom. The number of aromatic amines is 1. The summed E-state index contributed by atoms with van der Waals surface area (Å²) in [5.41, 5.74) is 2.93.